The van der Waals surface area contributed by atoms with Crippen molar-refractivity contribution in [1.82, 2.24) is 14.8 Å². The molecule has 0 bridgehead atoms. The second-order valence-electron chi connectivity index (χ2n) is 7.76. The van der Waals surface area contributed by atoms with Gasteiger partial charge in [0.25, 0.3) is 0 Å². The summed E-state index contributed by atoms with van der Waals surface area (Å²) >= 11 is 1.56. The molecule has 0 aliphatic carbocycles. The Balaban J connectivity index is 1.50. The van der Waals surface area contributed by atoms with Gasteiger partial charge in [-0.3, -0.25) is 9.59 Å². The maximum atomic E-state index is 13.2. The number of piperidine rings is 1. The Hall–Kier alpha value is -2.21. The molecule has 2 fully saturated rings. The van der Waals surface area contributed by atoms with Crippen LogP contribution in [-0.2, 0) is 16.0 Å². The van der Waals surface area contributed by atoms with Gasteiger partial charge in [0.15, 0.2) is 0 Å². The monoisotopic (exact) mass is 397 g/mol. The number of likely N-dealkylation sites (tertiary alicyclic amines) is 2. The number of carbonyl (C=O) groups is 2. The molecule has 2 aliphatic rings. The van der Waals surface area contributed by atoms with Crippen LogP contribution in [-0.4, -0.2) is 51.8 Å². The van der Waals surface area contributed by atoms with Crippen LogP contribution in [0.25, 0.3) is 10.6 Å². The second-order valence-corrected chi connectivity index (χ2v) is 8.62. The second kappa shape index (κ2) is 8.03. The highest BCUT2D eigenvalue weighted by molar-refractivity contribution is 7.13. The Kier molecular flexibility index (Phi) is 5.49. The molecule has 28 heavy (non-hydrogen) atoms. The topological polar surface area (TPSA) is 53.5 Å². The number of aromatic nitrogens is 1. The van der Waals surface area contributed by atoms with Crippen molar-refractivity contribution >= 4 is 23.2 Å². The molecule has 2 amide bonds. The molecular weight excluding hydrogens is 370 g/mol. The molecule has 1 atom stereocenters. The largest absolute Gasteiger partial charge is 0.341 e. The summed E-state index contributed by atoms with van der Waals surface area (Å²) in [5, 5.41) is 2.90. The molecule has 0 saturated carbocycles. The van der Waals surface area contributed by atoms with Crippen molar-refractivity contribution in [2.45, 2.75) is 51.0 Å². The molecule has 2 aliphatic heterocycles. The van der Waals surface area contributed by atoms with Crippen LogP contribution in [0, 0.1) is 0 Å². The summed E-state index contributed by atoms with van der Waals surface area (Å²) in [5.41, 5.74) is 1.26. The average molecular weight is 398 g/mol. The van der Waals surface area contributed by atoms with E-state index in [2.05, 4.69) is 11.9 Å². The molecule has 0 N–H and O–H groups in total. The van der Waals surface area contributed by atoms with Gasteiger partial charge in [-0.2, -0.15) is 0 Å². The van der Waals surface area contributed by atoms with E-state index >= 15 is 0 Å². The van der Waals surface area contributed by atoms with Crippen molar-refractivity contribution in [3.63, 3.8) is 0 Å². The molecule has 148 valence electrons. The molecule has 0 radical (unpaired) electrons. The van der Waals surface area contributed by atoms with Crippen molar-refractivity contribution in [3.8, 4) is 10.6 Å². The lowest BCUT2D eigenvalue weighted by Gasteiger charge is -2.44. The van der Waals surface area contributed by atoms with E-state index in [1.54, 1.807) is 11.3 Å². The van der Waals surface area contributed by atoms with Gasteiger partial charge in [0, 0.05) is 30.6 Å². The van der Waals surface area contributed by atoms with Crippen molar-refractivity contribution in [2.75, 3.05) is 19.6 Å². The van der Waals surface area contributed by atoms with E-state index in [-0.39, 0.29) is 18.2 Å². The molecule has 3 heterocycles. The third kappa shape index (κ3) is 3.46. The molecule has 5 nitrogen and oxygen atoms in total. The maximum absolute atomic E-state index is 13.2. The third-order valence-corrected chi connectivity index (χ3v) is 6.83. The van der Waals surface area contributed by atoms with Gasteiger partial charge < -0.3 is 9.80 Å². The predicted molar refractivity (Wildman–Crippen MR) is 111 cm³/mol. The predicted octanol–water partition coefficient (Wildman–Crippen LogP) is 3.75. The van der Waals surface area contributed by atoms with Gasteiger partial charge in [-0.1, -0.05) is 37.3 Å². The lowest BCUT2D eigenvalue weighted by Crippen LogP contribution is -2.61. The molecule has 6 heteroatoms. The summed E-state index contributed by atoms with van der Waals surface area (Å²) in [6.45, 7) is 4.39. The fraction of sp³-hybridized carbons (Fsp3) is 0.500. The summed E-state index contributed by atoms with van der Waals surface area (Å²) in [5.74, 6) is 0.198. The molecule has 1 unspecified atom stereocenters. The SMILES string of the molecule is CCCN1CCCC2(CCCN2C(=O)Cc2csc(-c3ccccc3)n2)C1=O. The van der Waals surface area contributed by atoms with Gasteiger partial charge in [0.2, 0.25) is 11.8 Å². The van der Waals surface area contributed by atoms with Gasteiger partial charge in [0.05, 0.1) is 12.1 Å². The van der Waals surface area contributed by atoms with Crippen LogP contribution in [0.4, 0.5) is 0 Å². The first-order valence-corrected chi connectivity index (χ1v) is 11.1. The van der Waals surface area contributed by atoms with Gasteiger partial charge in [0.1, 0.15) is 10.5 Å². The Labute approximate surface area is 170 Å². The smallest absolute Gasteiger partial charge is 0.248 e. The summed E-state index contributed by atoms with van der Waals surface area (Å²) in [4.78, 5) is 34.9. The van der Waals surface area contributed by atoms with Crippen LogP contribution in [0.15, 0.2) is 35.7 Å². The molecule has 2 aromatic rings. The number of amides is 2. The van der Waals surface area contributed by atoms with Crippen molar-refractivity contribution in [1.29, 1.82) is 0 Å². The number of nitrogens with zero attached hydrogens (tertiary/aromatic N) is 3. The van der Waals surface area contributed by atoms with E-state index in [4.69, 9.17) is 0 Å². The summed E-state index contributed by atoms with van der Waals surface area (Å²) in [6, 6.07) is 10.0. The molecule has 2 saturated heterocycles. The van der Waals surface area contributed by atoms with Crippen molar-refractivity contribution in [3.05, 3.63) is 41.4 Å². The molecule has 4 rings (SSSR count). The Bertz CT molecular complexity index is 848. The number of thiazole rings is 1. The standard InChI is InChI=1S/C22H27N3O2S/c1-2-12-24-13-6-10-22(21(24)27)11-7-14-25(22)19(26)15-18-16-28-20(23-18)17-8-4-3-5-9-17/h3-5,8-9,16H,2,6-7,10-15H2,1H3. The van der Waals surface area contributed by atoms with Gasteiger partial charge in [-0.05, 0) is 32.1 Å². The minimum absolute atomic E-state index is 0.0362. The first-order valence-electron chi connectivity index (χ1n) is 10.2. The molecule has 1 aromatic carbocycles. The van der Waals surface area contributed by atoms with E-state index in [0.29, 0.717) is 6.54 Å². The van der Waals surface area contributed by atoms with E-state index in [0.717, 1.165) is 61.5 Å². The zero-order chi connectivity index (χ0) is 19.6. The number of hydrogen-bond acceptors (Lipinski definition) is 4. The van der Waals surface area contributed by atoms with Gasteiger partial charge in [-0.15, -0.1) is 11.3 Å². The fourth-order valence-corrected chi connectivity index (χ4v) is 5.45. The minimum atomic E-state index is -0.608. The highest BCUT2D eigenvalue weighted by Crippen LogP contribution is 2.38. The van der Waals surface area contributed by atoms with E-state index in [1.165, 1.54) is 0 Å². The number of benzene rings is 1. The molecule has 1 aromatic heterocycles. The highest BCUT2D eigenvalue weighted by atomic mass is 32.1. The fourth-order valence-electron chi connectivity index (χ4n) is 4.62. The summed E-state index contributed by atoms with van der Waals surface area (Å²) < 4.78 is 0. The Morgan fingerprint density at radius 1 is 1.18 bits per heavy atom. The zero-order valence-electron chi connectivity index (χ0n) is 16.4. The zero-order valence-corrected chi connectivity index (χ0v) is 17.2. The van der Waals surface area contributed by atoms with Crippen LogP contribution in [0.1, 0.15) is 44.7 Å². The van der Waals surface area contributed by atoms with Crippen LogP contribution in [0.2, 0.25) is 0 Å². The van der Waals surface area contributed by atoms with E-state index in [9.17, 15) is 9.59 Å². The maximum Gasteiger partial charge on any atom is 0.248 e. The van der Waals surface area contributed by atoms with E-state index in [1.807, 2.05) is 45.5 Å². The van der Waals surface area contributed by atoms with E-state index < -0.39 is 5.54 Å². The first kappa shape index (κ1) is 19.1. The normalized spacial score (nSPS) is 22.2. The lowest BCUT2D eigenvalue weighted by atomic mass is 9.85. The summed E-state index contributed by atoms with van der Waals surface area (Å²) in [7, 11) is 0. The van der Waals surface area contributed by atoms with Gasteiger partial charge >= 0.3 is 0 Å². The Morgan fingerprint density at radius 3 is 2.68 bits per heavy atom. The lowest BCUT2D eigenvalue weighted by molar-refractivity contribution is -0.155. The highest BCUT2D eigenvalue weighted by Gasteiger charge is 2.52. The Morgan fingerprint density at radius 2 is 1.93 bits per heavy atom. The van der Waals surface area contributed by atoms with Crippen molar-refractivity contribution in [2.24, 2.45) is 0 Å². The minimum Gasteiger partial charge on any atom is -0.341 e. The molecule has 1 spiro atoms. The average Bonchev–Trinajstić information content (AvgIpc) is 3.34. The quantitative estimate of drug-likeness (QED) is 0.772. The van der Waals surface area contributed by atoms with Crippen LogP contribution < -0.4 is 0 Å². The molecular formula is C22H27N3O2S. The number of hydrogen-bond donors (Lipinski definition) is 0. The number of carbonyl (C=O) groups excluding carboxylic acids is 2. The first-order chi connectivity index (χ1) is 13.6. The van der Waals surface area contributed by atoms with Gasteiger partial charge in [-0.25, -0.2) is 4.98 Å². The third-order valence-electron chi connectivity index (χ3n) is 5.89. The van der Waals surface area contributed by atoms with Crippen LogP contribution in [0.3, 0.4) is 0 Å². The summed E-state index contributed by atoms with van der Waals surface area (Å²) in [6.07, 6.45) is 4.70. The van der Waals surface area contributed by atoms with Crippen LogP contribution in [0.5, 0.6) is 0 Å². The number of rotatable bonds is 5. The van der Waals surface area contributed by atoms with Crippen LogP contribution >= 0.6 is 11.3 Å². The van der Waals surface area contributed by atoms with Crippen molar-refractivity contribution < 1.29 is 9.59 Å².